The second kappa shape index (κ2) is 20.8. The predicted octanol–water partition coefficient (Wildman–Crippen LogP) is 11.4. The molecule has 0 saturated carbocycles. The lowest BCUT2D eigenvalue weighted by Crippen LogP contribution is -3.00. The molecule has 0 fully saturated rings. The molecule has 5 aromatic heterocycles. The molecular weight excluding hydrogens is 946 g/mol. The van der Waals surface area contributed by atoms with Gasteiger partial charge in [-0.2, -0.15) is 9.13 Å². The SMILES string of the molecule is COc1ccccc1-[n+]1cn(-c2ccc3c4ccccc4n(-c4ccccn4)c3c2)c2ccccc21.COc1ccccc1Nc1ccccc1Cc1ccc2c3ccccc3n(-c3ccccn3)c2c1.Cl.[Cl-]. The average Bonchev–Trinajstić information content (AvgIpc) is 4.10. The van der Waals surface area contributed by atoms with Crippen molar-refractivity contribution in [3.8, 4) is 34.5 Å². The molecule has 11 heteroatoms. The Morgan fingerprint density at radius 3 is 1.64 bits per heavy atom. The number of para-hydroxylation sites is 9. The second-order valence-corrected chi connectivity index (χ2v) is 17.3. The minimum Gasteiger partial charge on any atom is -1.00 e. The van der Waals surface area contributed by atoms with Crippen molar-refractivity contribution in [2.75, 3.05) is 19.5 Å². The van der Waals surface area contributed by atoms with Crippen LogP contribution in [0.4, 0.5) is 11.4 Å². The van der Waals surface area contributed by atoms with Crippen LogP contribution < -0.4 is 31.8 Å². The van der Waals surface area contributed by atoms with Crippen molar-refractivity contribution in [3.63, 3.8) is 0 Å². The molecule has 0 atom stereocenters. The molecule has 0 saturated heterocycles. The van der Waals surface area contributed by atoms with Crippen LogP contribution in [-0.4, -0.2) is 37.9 Å². The van der Waals surface area contributed by atoms with Crippen molar-refractivity contribution < 1.29 is 26.4 Å². The number of imidazole rings is 1. The summed E-state index contributed by atoms with van der Waals surface area (Å²) in [6, 6.07) is 75.5. The maximum Gasteiger partial charge on any atom is 0.255 e. The maximum atomic E-state index is 5.68. The molecule has 0 amide bonds. The number of halogens is 2. The van der Waals surface area contributed by atoms with Crippen molar-refractivity contribution in [3.05, 3.63) is 248 Å². The number of nitrogens with zero attached hydrogens (tertiary/aromatic N) is 6. The van der Waals surface area contributed by atoms with Gasteiger partial charge in [0.2, 0.25) is 0 Å². The summed E-state index contributed by atoms with van der Waals surface area (Å²) in [5.74, 6) is 3.48. The number of ether oxygens (including phenoxy) is 2. The summed E-state index contributed by atoms with van der Waals surface area (Å²) in [6.45, 7) is 0. The van der Waals surface area contributed by atoms with Gasteiger partial charge in [0.1, 0.15) is 23.1 Å². The molecule has 0 bridgehead atoms. The van der Waals surface area contributed by atoms with Gasteiger partial charge in [0.25, 0.3) is 6.33 Å². The fraction of sp³-hybridized carbons (Fsp3) is 0.0484. The number of hydrogen-bond acceptors (Lipinski definition) is 5. The molecule has 9 nitrogen and oxygen atoms in total. The van der Waals surface area contributed by atoms with Crippen molar-refractivity contribution in [2.45, 2.75) is 6.42 Å². The first-order valence-corrected chi connectivity index (χ1v) is 23.7. The van der Waals surface area contributed by atoms with E-state index in [0.717, 1.165) is 85.4 Å². The van der Waals surface area contributed by atoms with Gasteiger partial charge in [-0.05, 0) is 115 Å². The average molecular weight is 995 g/mol. The topological polar surface area (TPSA) is 74.9 Å². The largest absolute Gasteiger partial charge is 1.00 e. The summed E-state index contributed by atoms with van der Waals surface area (Å²) < 4.78 is 20.1. The van der Waals surface area contributed by atoms with Crippen LogP contribution in [0.25, 0.3) is 77.7 Å². The summed E-state index contributed by atoms with van der Waals surface area (Å²) in [6.07, 6.45) is 6.63. The zero-order valence-corrected chi connectivity index (χ0v) is 41.6. The lowest BCUT2D eigenvalue weighted by atomic mass is 10.0. The number of nitrogens with one attached hydrogen (secondary N) is 1. The molecule has 0 aliphatic rings. The highest BCUT2D eigenvalue weighted by Crippen LogP contribution is 2.36. The van der Waals surface area contributed by atoms with Crippen LogP contribution in [0.3, 0.4) is 0 Å². The van der Waals surface area contributed by atoms with Gasteiger partial charge in [0.05, 0.1) is 42.0 Å². The number of fused-ring (bicyclic) bond motifs is 7. The molecule has 8 aromatic carbocycles. The summed E-state index contributed by atoms with van der Waals surface area (Å²) in [5.41, 5.74) is 13.4. The minimum absolute atomic E-state index is 0. The first kappa shape index (κ1) is 47.8. The normalized spacial score (nSPS) is 11.0. The van der Waals surface area contributed by atoms with E-state index >= 15 is 0 Å². The number of pyridine rings is 2. The lowest BCUT2D eigenvalue weighted by molar-refractivity contribution is -0.568. The van der Waals surface area contributed by atoms with E-state index in [1.165, 1.54) is 32.7 Å². The van der Waals surface area contributed by atoms with Gasteiger partial charge in [-0.15, -0.1) is 12.4 Å². The van der Waals surface area contributed by atoms with E-state index in [1.54, 1.807) is 14.2 Å². The molecule has 358 valence electrons. The smallest absolute Gasteiger partial charge is 0.255 e. The Bertz CT molecular complexity index is 4060. The van der Waals surface area contributed by atoms with E-state index in [4.69, 9.17) is 9.47 Å². The van der Waals surface area contributed by atoms with Gasteiger partial charge >= 0.3 is 0 Å². The van der Waals surface area contributed by atoms with E-state index in [0.29, 0.717) is 0 Å². The van der Waals surface area contributed by atoms with Gasteiger partial charge in [-0.1, -0.05) is 115 Å². The van der Waals surface area contributed by atoms with Gasteiger partial charge in [0, 0.05) is 45.7 Å². The predicted molar refractivity (Wildman–Crippen MR) is 295 cm³/mol. The van der Waals surface area contributed by atoms with E-state index in [2.05, 4.69) is 192 Å². The Balaban J connectivity index is 0.000000163. The quantitative estimate of drug-likeness (QED) is 0.138. The fourth-order valence-electron chi connectivity index (χ4n) is 9.95. The third-order valence-corrected chi connectivity index (χ3v) is 13.2. The van der Waals surface area contributed by atoms with Crippen LogP contribution in [0.2, 0.25) is 0 Å². The number of methoxy groups -OCH3 is 2. The highest BCUT2D eigenvalue weighted by molar-refractivity contribution is 6.10. The zero-order valence-electron chi connectivity index (χ0n) is 40.0. The summed E-state index contributed by atoms with van der Waals surface area (Å²) in [4.78, 5) is 9.33. The van der Waals surface area contributed by atoms with Gasteiger partial charge in [-0.25, -0.2) is 9.97 Å². The standard InChI is InChI=1S/C31H23N4O.C31H25N3O.2ClH/c1-36-30-15-7-6-14-28(30)34-21-33(26-12-4-5-13-27(26)34)22-17-18-24-23-10-2-3-11-25(23)35(29(24)20-22)31-16-8-9-19-32-31;1-35-30-15-7-5-13-27(30)33-26-12-4-2-10-23(26)20-22-17-18-25-24-11-3-6-14-28(24)34(29(25)21-22)31-16-8-9-19-32-31;;/h2-21H,1H3;2-19,21,33H,20H2,1H3;2*1H/q+1;;;/p-1. The summed E-state index contributed by atoms with van der Waals surface area (Å²) >= 11 is 0. The Morgan fingerprint density at radius 1 is 0.466 bits per heavy atom. The molecule has 1 N–H and O–H groups in total. The molecule has 0 aliphatic heterocycles. The van der Waals surface area contributed by atoms with Crippen molar-refractivity contribution in [1.82, 2.24) is 23.7 Å². The Kier molecular flexibility index (Phi) is 13.6. The zero-order chi connectivity index (χ0) is 47.7. The van der Waals surface area contributed by atoms with Gasteiger partial charge in [0.15, 0.2) is 22.5 Å². The molecule has 13 rings (SSSR count). The van der Waals surface area contributed by atoms with Gasteiger partial charge < -0.3 is 27.2 Å². The molecule has 13 aromatic rings. The van der Waals surface area contributed by atoms with E-state index in [1.807, 2.05) is 79.1 Å². The maximum absolute atomic E-state index is 5.68. The first-order chi connectivity index (χ1) is 35.1. The van der Waals surface area contributed by atoms with Crippen LogP contribution in [0.5, 0.6) is 11.5 Å². The van der Waals surface area contributed by atoms with Gasteiger partial charge in [-0.3, -0.25) is 9.13 Å². The molecule has 5 heterocycles. The fourth-order valence-corrected chi connectivity index (χ4v) is 9.95. The van der Waals surface area contributed by atoms with Crippen molar-refractivity contribution in [1.29, 1.82) is 0 Å². The molecule has 0 radical (unpaired) electrons. The Morgan fingerprint density at radius 2 is 0.986 bits per heavy atom. The van der Waals surface area contributed by atoms with Crippen LogP contribution in [0.1, 0.15) is 11.1 Å². The molecule has 0 aliphatic carbocycles. The third-order valence-electron chi connectivity index (χ3n) is 13.2. The number of aromatic nitrogens is 6. The van der Waals surface area contributed by atoms with Crippen molar-refractivity contribution in [2.24, 2.45) is 0 Å². The molecule has 73 heavy (non-hydrogen) atoms. The monoisotopic (exact) mass is 993 g/mol. The number of benzene rings is 8. The molecule has 0 unspecified atom stereocenters. The van der Waals surface area contributed by atoms with Crippen LogP contribution in [0.15, 0.2) is 237 Å². The Labute approximate surface area is 435 Å². The van der Waals surface area contributed by atoms with Crippen molar-refractivity contribution >= 4 is 78.4 Å². The molecule has 0 spiro atoms. The second-order valence-electron chi connectivity index (χ2n) is 17.3. The summed E-state index contributed by atoms with van der Waals surface area (Å²) in [5, 5.41) is 8.45. The molecular formula is C62H49Cl2N7O2. The van der Waals surface area contributed by atoms with Crippen LogP contribution >= 0.6 is 12.4 Å². The first-order valence-electron chi connectivity index (χ1n) is 23.7. The lowest BCUT2D eigenvalue weighted by Gasteiger charge is -2.15. The summed E-state index contributed by atoms with van der Waals surface area (Å²) in [7, 11) is 3.41. The Hall–Kier alpha value is -8.89. The third kappa shape index (κ3) is 8.86. The van der Waals surface area contributed by atoms with E-state index in [9.17, 15) is 0 Å². The highest BCUT2D eigenvalue weighted by atomic mass is 35.5. The van der Waals surface area contributed by atoms with E-state index in [-0.39, 0.29) is 24.8 Å². The number of rotatable bonds is 10. The number of hydrogen-bond donors (Lipinski definition) is 1. The van der Waals surface area contributed by atoms with Crippen LogP contribution in [-0.2, 0) is 6.42 Å². The van der Waals surface area contributed by atoms with E-state index < -0.39 is 0 Å². The number of anilines is 2. The van der Waals surface area contributed by atoms with Crippen LogP contribution in [0, 0.1) is 0 Å². The highest BCUT2D eigenvalue weighted by Gasteiger charge is 2.23. The minimum atomic E-state index is 0.